The number of benzene rings is 2. The van der Waals surface area contributed by atoms with Gasteiger partial charge in [0.2, 0.25) is 0 Å². The summed E-state index contributed by atoms with van der Waals surface area (Å²) in [6.45, 7) is 1.50. The minimum Gasteiger partial charge on any atom is -0.508 e. The molecule has 2 atom stereocenters. The summed E-state index contributed by atoms with van der Waals surface area (Å²) in [6, 6.07) is 9.15. The molecule has 0 saturated heterocycles. The van der Waals surface area contributed by atoms with E-state index in [9.17, 15) is 29.1 Å². The van der Waals surface area contributed by atoms with Crippen molar-refractivity contribution in [1.82, 2.24) is 23.5 Å². The average molecular weight is 638 g/mol. The summed E-state index contributed by atoms with van der Waals surface area (Å²) in [4.78, 5) is 72.3. The second-order valence-corrected chi connectivity index (χ2v) is 11.8. The lowest BCUT2D eigenvalue weighted by atomic mass is 9.67. The predicted molar refractivity (Wildman–Crippen MR) is 170 cm³/mol. The Hall–Kier alpha value is -5.72. The van der Waals surface area contributed by atoms with Crippen LogP contribution in [0.25, 0.3) is 11.0 Å². The molecule has 3 heterocycles. The molecule has 2 aromatic heterocycles. The van der Waals surface area contributed by atoms with Crippen LogP contribution in [0.1, 0.15) is 36.6 Å². The molecule has 47 heavy (non-hydrogen) atoms. The topological polar surface area (TPSA) is 157 Å². The normalized spacial score (nSPS) is 18.8. The Morgan fingerprint density at radius 1 is 1.00 bits per heavy atom. The van der Waals surface area contributed by atoms with Gasteiger partial charge in [-0.15, -0.1) is 0 Å². The molecule has 0 bridgehead atoms. The van der Waals surface area contributed by atoms with Crippen molar-refractivity contribution >= 4 is 22.6 Å². The first-order valence-electron chi connectivity index (χ1n) is 15.1. The number of aryl methyl sites for hydroxylation is 2. The van der Waals surface area contributed by atoms with Crippen LogP contribution in [0.5, 0.6) is 17.2 Å². The van der Waals surface area contributed by atoms with Gasteiger partial charge in [-0.2, -0.15) is 0 Å². The highest BCUT2D eigenvalue weighted by Crippen LogP contribution is 2.51. The summed E-state index contributed by atoms with van der Waals surface area (Å²) in [6.07, 6.45) is 3.11. The van der Waals surface area contributed by atoms with Gasteiger partial charge in [0.1, 0.15) is 11.4 Å². The van der Waals surface area contributed by atoms with Gasteiger partial charge < -0.3 is 19.1 Å². The third-order valence-corrected chi connectivity index (χ3v) is 9.38. The lowest BCUT2D eigenvalue weighted by molar-refractivity contribution is -0.116. The number of ether oxygens (including phenoxy) is 2. The number of ketones is 2. The second kappa shape index (κ2) is 11.0. The highest BCUT2D eigenvalue weighted by atomic mass is 16.5. The fourth-order valence-corrected chi connectivity index (χ4v) is 7.05. The number of nitrogens with zero attached hydrogens (tertiary/aromatic N) is 5. The van der Waals surface area contributed by atoms with Gasteiger partial charge in [0, 0.05) is 66.8 Å². The highest BCUT2D eigenvalue weighted by Gasteiger charge is 2.45. The minimum absolute atomic E-state index is 0.00601. The summed E-state index contributed by atoms with van der Waals surface area (Å²) in [5.74, 6) is -0.586. The number of aromatic nitrogens is 5. The smallest absolute Gasteiger partial charge is 0.347 e. The summed E-state index contributed by atoms with van der Waals surface area (Å²) < 4.78 is 15.9. The first-order chi connectivity index (χ1) is 22.5. The van der Waals surface area contributed by atoms with E-state index in [1.165, 1.54) is 40.3 Å². The maximum atomic E-state index is 14.0. The minimum atomic E-state index is -0.787. The van der Waals surface area contributed by atoms with Crippen molar-refractivity contribution in [3.8, 4) is 17.2 Å². The van der Waals surface area contributed by atoms with Crippen LogP contribution >= 0.6 is 0 Å². The van der Waals surface area contributed by atoms with Gasteiger partial charge in [-0.3, -0.25) is 14.4 Å². The van der Waals surface area contributed by atoms with E-state index in [0.717, 1.165) is 4.57 Å². The SMILES string of the molecule is COc1cc2nc(CCn3c(=O)n4n(c3=O)[C@@H]3CC5=C(C(=O)C(C)=CC5=O)[C@@H](c5ccccc5O)C3=CC4)c(=O)n(C)c2cc1OC. The number of rotatable bonds is 6. The zero-order valence-corrected chi connectivity index (χ0v) is 26.1. The van der Waals surface area contributed by atoms with Gasteiger partial charge in [-0.05, 0) is 24.6 Å². The Morgan fingerprint density at radius 3 is 2.45 bits per heavy atom. The monoisotopic (exact) mass is 637 g/mol. The van der Waals surface area contributed by atoms with Crippen LogP contribution in [-0.2, 0) is 36.1 Å². The highest BCUT2D eigenvalue weighted by molar-refractivity contribution is 6.23. The molecule has 240 valence electrons. The van der Waals surface area contributed by atoms with E-state index in [4.69, 9.17) is 9.47 Å². The van der Waals surface area contributed by atoms with E-state index in [0.29, 0.717) is 39.2 Å². The molecule has 7 rings (SSSR count). The summed E-state index contributed by atoms with van der Waals surface area (Å²) in [5, 5.41) is 10.9. The van der Waals surface area contributed by atoms with Crippen molar-refractivity contribution in [2.45, 2.75) is 44.8 Å². The molecule has 1 N–H and O–H groups in total. The number of carbonyl (C=O) groups is 2. The molecule has 0 fully saturated rings. The average Bonchev–Trinajstić information content (AvgIpc) is 3.31. The van der Waals surface area contributed by atoms with Gasteiger partial charge in [-0.1, -0.05) is 24.3 Å². The van der Waals surface area contributed by atoms with Crippen LogP contribution in [0.2, 0.25) is 0 Å². The van der Waals surface area contributed by atoms with Crippen LogP contribution in [-0.4, -0.2) is 54.4 Å². The largest absolute Gasteiger partial charge is 0.508 e. The van der Waals surface area contributed by atoms with Crippen LogP contribution in [0.3, 0.4) is 0 Å². The zero-order chi connectivity index (χ0) is 33.3. The molecule has 3 aliphatic rings. The second-order valence-electron chi connectivity index (χ2n) is 11.8. The molecule has 2 aromatic carbocycles. The Labute approximate surface area is 266 Å². The number of methoxy groups -OCH3 is 2. The first kappa shape index (κ1) is 30.0. The fraction of sp³-hybridized carbons (Fsp3) is 0.294. The Balaban J connectivity index is 1.29. The molecule has 1 aliphatic heterocycles. The van der Waals surface area contributed by atoms with Crippen molar-refractivity contribution in [3.63, 3.8) is 0 Å². The van der Waals surface area contributed by atoms with E-state index >= 15 is 0 Å². The van der Waals surface area contributed by atoms with Crippen LogP contribution in [0.4, 0.5) is 0 Å². The number of aromatic hydroxyl groups is 1. The number of fused-ring (bicyclic) bond motifs is 4. The van der Waals surface area contributed by atoms with Crippen molar-refractivity contribution in [2.24, 2.45) is 7.05 Å². The van der Waals surface area contributed by atoms with E-state index in [-0.39, 0.29) is 65.6 Å². The molecular weight excluding hydrogens is 606 g/mol. The summed E-state index contributed by atoms with van der Waals surface area (Å²) in [5.41, 5.74) is 1.52. The molecule has 0 radical (unpaired) electrons. The fourth-order valence-electron chi connectivity index (χ4n) is 7.05. The number of hydrogen-bond donors (Lipinski definition) is 1. The van der Waals surface area contributed by atoms with E-state index < -0.39 is 23.3 Å². The molecule has 0 saturated carbocycles. The lowest BCUT2D eigenvalue weighted by Gasteiger charge is -2.39. The molecule has 13 heteroatoms. The number of allylic oxidation sites excluding steroid dienone is 6. The number of Topliss-reactive ketones (excluding diaryl/α,β-unsaturated/α-hetero) is 1. The quantitative estimate of drug-likeness (QED) is 0.247. The van der Waals surface area contributed by atoms with Crippen LogP contribution in [0.15, 0.2) is 85.2 Å². The van der Waals surface area contributed by atoms with Crippen molar-refractivity contribution in [1.29, 1.82) is 0 Å². The van der Waals surface area contributed by atoms with Crippen LogP contribution < -0.4 is 26.4 Å². The standard InChI is InChI=1S/C34H31N5O8/c1-17-13-26(41)20-14-23-18(29(30(20)31(17)42)19-7-5-6-8-25(19)40)9-12-38-33(44)37(34(45)39(23)38)11-10-21-32(43)36(2)24-16-28(47-4)27(46-3)15-22(24)35-21/h5-9,13,15-16,23,29,40H,10-12,14H2,1-4H3/t23-,29-/m1/s1. The number of phenolic OH excluding ortho intramolecular Hbond substituents is 1. The van der Waals surface area contributed by atoms with E-state index in [1.807, 2.05) is 0 Å². The maximum absolute atomic E-state index is 14.0. The Kier molecular flexibility index (Phi) is 6.99. The maximum Gasteiger partial charge on any atom is 0.347 e. The molecule has 13 nitrogen and oxygen atoms in total. The number of carbonyl (C=O) groups excluding carboxylic acids is 2. The first-order valence-corrected chi connectivity index (χ1v) is 15.1. The van der Waals surface area contributed by atoms with Gasteiger partial charge in [-0.25, -0.2) is 28.5 Å². The number of phenols is 1. The molecular formula is C34H31N5O8. The molecule has 0 spiro atoms. The van der Waals surface area contributed by atoms with Crippen molar-refractivity contribution in [2.75, 3.05) is 14.2 Å². The number of hydrogen-bond acceptors (Lipinski definition) is 9. The third kappa shape index (κ3) is 4.44. The van der Waals surface area contributed by atoms with Gasteiger partial charge in [0.15, 0.2) is 23.1 Å². The Morgan fingerprint density at radius 2 is 1.72 bits per heavy atom. The molecule has 0 amide bonds. The molecule has 2 aliphatic carbocycles. The van der Waals surface area contributed by atoms with E-state index in [2.05, 4.69) is 4.98 Å². The van der Waals surface area contributed by atoms with Crippen molar-refractivity contribution in [3.05, 3.63) is 113 Å². The molecule has 0 unspecified atom stereocenters. The summed E-state index contributed by atoms with van der Waals surface area (Å²) in [7, 11) is 4.60. The van der Waals surface area contributed by atoms with Gasteiger partial charge >= 0.3 is 11.4 Å². The molecule has 4 aromatic rings. The third-order valence-electron chi connectivity index (χ3n) is 9.38. The van der Waals surface area contributed by atoms with Gasteiger partial charge in [0.05, 0.1) is 37.8 Å². The lowest BCUT2D eigenvalue weighted by Crippen LogP contribution is -2.40. The van der Waals surface area contributed by atoms with E-state index in [1.54, 1.807) is 50.4 Å². The zero-order valence-electron chi connectivity index (χ0n) is 26.1. The number of para-hydroxylation sites is 1. The van der Waals surface area contributed by atoms with Crippen molar-refractivity contribution < 1.29 is 24.2 Å². The Bertz CT molecular complexity index is 2330. The summed E-state index contributed by atoms with van der Waals surface area (Å²) >= 11 is 0. The van der Waals surface area contributed by atoms with Crippen LogP contribution in [0, 0.1) is 0 Å². The van der Waals surface area contributed by atoms with Gasteiger partial charge in [0.25, 0.3) is 5.56 Å². The predicted octanol–water partition coefficient (Wildman–Crippen LogP) is 2.09.